The van der Waals surface area contributed by atoms with E-state index in [0.717, 1.165) is 13.0 Å². The molecule has 2 atom stereocenters. The van der Waals surface area contributed by atoms with Gasteiger partial charge in [0.05, 0.1) is 0 Å². The number of hydrogen-bond donors (Lipinski definition) is 1. The van der Waals surface area contributed by atoms with Gasteiger partial charge in [0, 0.05) is 19.2 Å². The summed E-state index contributed by atoms with van der Waals surface area (Å²) in [5, 5.41) is 8.74. The van der Waals surface area contributed by atoms with Gasteiger partial charge in [-0.3, -0.25) is 4.90 Å². The van der Waals surface area contributed by atoms with Gasteiger partial charge in [0.2, 0.25) is 0 Å². The smallest absolute Gasteiger partial charge is 0.0474 e. The highest BCUT2D eigenvalue weighted by Gasteiger charge is 2.38. The lowest BCUT2D eigenvalue weighted by Gasteiger charge is -2.12. The monoisotopic (exact) mass is 141 g/mol. The van der Waals surface area contributed by atoms with E-state index in [4.69, 9.17) is 5.11 Å². The summed E-state index contributed by atoms with van der Waals surface area (Å²) in [6.45, 7) is 4.93. The Morgan fingerprint density at radius 3 is 2.90 bits per heavy atom. The molecular formula is C8H15NO. The summed E-state index contributed by atoms with van der Waals surface area (Å²) in [6.07, 6.45) is 3.05. The Bertz CT molecular complexity index is 124. The van der Waals surface area contributed by atoms with Gasteiger partial charge in [-0.2, -0.15) is 0 Å². The zero-order valence-electron chi connectivity index (χ0n) is 6.45. The molecule has 0 radical (unpaired) electrons. The summed E-state index contributed by atoms with van der Waals surface area (Å²) in [6, 6.07) is 0.614. The van der Waals surface area contributed by atoms with Crippen LogP contribution in [0.5, 0.6) is 0 Å². The molecule has 0 amide bonds. The third kappa shape index (κ3) is 1.58. The average molecular weight is 141 g/mol. The SMILES string of the molecule is C=CCN(C)C1CC1CO. The Labute approximate surface area is 62.2 Å². The van der Waals surface area contributed by atoms with E-state index in [-0.39, 0.29) is 0 Å². The van der Waals surface area contributed by atoms with Crippen molar-refractivity contribution in [2.75, 3.05) is 20.2 Å². The number of nitrogens with zero attached hydrogens (tertiary/aromatic N) is 1. The van der Waals surface area contributed by atoms with Gasteiger partial charge in [-0.1, -0.05) is 6.08 Å². The minimum absolute atomic E-state index is 0.339. The first-order valence-electron chi connectivity index (χ1n) is 3.71. The maximum atomic E-state index is 8.74. The maximum Gasteiger partial charge on any atom is 0.0474 e. The quantitative estimate of drug-likeness (QED) is 0.576. The van der Waals surface area contributed by atoms with Gasteiger partial charge in [0.15, 0.2) is 0 Å². The fraction of sp³-hybridized carbons (Fsp3) is 0.750. The Morgan fingerprint density at radius 2 is 2.50 bits per heavy atom. The second-order valence-corrected chi connectivity index (χ2v) is 2.97. The van der Waals surface area contributed by atoms with Gasteiger partial charge in [0.1, 0.15) is 0 Å². The summed E-state index contributed by atoms with van der Waals surface area (Å²) in [5.41, 5.74) is 0. The summed E-state index contributed by atoms with van der Waals surface area (Å²) in [5.74, 6) is 0.532. The molecule has 58 valence electrons. The first-order valence-corrected chi connectivity index (χ1v) is 3.71. The molecule has 1 aliphatic carbocycles. The van der Waals surface area contributed by atoms with E-state index in [1.165, 1.54) is 0 Å². The molecule has 1 aliphatic rings. The predicted molar refractivity (Wildman–Crippen MR) is 41.8 cm³/mol. The van der Waals surface area contributed by atoms with E-state index in [1.54, 1.807) is 0 Å². The van der Waals surface area contributed by atoms with Gasteiger partial charge < -0.3 is 5.11 Å². The molecule has 0 aromatic carbocycles. The molecule has 0 aromatic heterocycles. The minimum Gasteiger partial charge on any atom is -0.396 e. The van der Waals surface area contributed by atoms with Gasteiger partial charge in [-0.05, 0) is 19.4 Å². The lowest BCUT2D eigenvalue weighted by Crippen LogP contribution is -2.22. The second-order valence-electron chi connectivity index (χ2n) is 2.97. The number of rotatable bonds is 4. The van der Waals surface area contributed by atoms with Crippen LogP contribution in [0.25, 0.3) is 0 Å². The van der Waals surface area contributed by atoms with E-state index in [0.29, 0.717) is 18.6 Å². The van der Waals surface area contributed by atoms with E-state index in [1.807, 2.05) is 6.08 Å². The van der Waals surface area contributed by atoms with E-state index in [2.05, 4.69) is 18.5 Å². The molecule has 2 heteroatoms. The van der Waals surface area contributed by atoms with Crippen molar-refractivity contribution in [3.8, 4) is 0 Å². The molecule has 1 rings (SSSR count). The molecule has 0 aliphatic heterocycles. The Kier molecular flexibility index (Phi) is 2.46. The Hall–Kier alpha value is -0.340. The van der Waals surface area contributed by atoms with E-state index < -0.39 is 0 Å². The van der Waals surface area contributed by atoms with Crippen LogP contribution in [0.1, 0.15) is 6.42 Å². The van der Waals surface area contributed by atoms with Crippen LogP contribution < -0.4 is 0 Å². The van der Waals surface area contributed by atoms with Gasteiger partial charge in [-0.25, -0.2) is 0 Å². The van der Waals surface area contributed by atoms with E-state index >= 15 is 0 Å². The fourth-order valence-corrected chi connectivity index (χ4v) is 1.31. The van der Waals surface area contributed by atoms with Crippen LogP contribution >= 0.6 is 0 Å². The normalized spacial score (nSPS) is 30.7. The second kappa shape index (κ2) is 3.17. The van der Waals surface area contributed by atoms with Crippen LogP contribution in [0.4, 0.5) is 0 Å². The first-order chi connectivity index (χ1) is 4.79. The average Bonchev–Trinajstić information content (AvgIpc) is 2.66. The zero-order valence-corrected chi connectivity index (χ0v) is 6.45. The van der Waals surface area contributed by atoms with E-state index in [9.17, 15) is 0 Å². The summed E-state index contributed by atoms with van der Waals surface area (Å²) in [7, 11) is 2.07. The van der Waals surface area contributed by atoms with Crippen LogP contribution in [0.3, 0.4) is 0 Å². The fourth-order valence-electron chi connectivity index (χ4n) is 1.31. The van der Waals surface area contributed by atoms with Crippen molar-refractivity contribution in [3.63, 3.8) is 0 Å². The maximum absolute atomic E-state index is 8.74. The van der Waals surface area contributed by atoms with Crippen molar-refractivity contribution >= 4 is 0 Å². The van der Waals surface area contributed by atoms with Crippen molar-refractivity contribution in [2.24, 2.45) is 5.92 Å². The highest BCUT2D eigenvalue weighted by molar-refractivity contribution is 4.94. The van der Waals surface area contributed by atoms with Gasteiger partial charge in [-0.15, -0.1) is 6.58 Å². The molecule has 2 nitrogen and oxygen atoms in total. The topological polar surface area (TPSA) is 23.5 Å². The number of likely N-dealkylation sites (N-methyl/N-ethyl adjacent to an activating group) is 1. The third-order valence-electron chi connectivity index (χ3n) is 2.10. The number of aliphatic hydroxyl groups is 1. The summed E-state index contributed by atoms with van der Waals surface area (Å²) in [4.78, 5) is 2.23. The molecule has 2 unspecified atom stereocenters. The highest BCUT2D eigenvalue weighted by Crippen LogP contribution is 2.33. The van der Waals surface area contributed by atoms with Crippen molar-refractivity contribution < 1.29 is 5.11 Å². The summed E-state index contributed by atoms with van der Waals surface area (Å²) >= 11 is 0. The van der Waals surface area contributed by atoms with Gasteiger partial charge >= 0.3 is 0 Å². The van der Waals surface area contributed by atoms with Crippen LogP contribution in [-0.4, -0.2) is 36.2 Å². The summed E-state index contributed by atoms with van der Waals surface area (Å²) < 4.78 is 0. The number of aliphatic hydroxyl groups excluding tert-OH is 1. The zero-order chi connectivity index (χ0) is 7.56. The molecule has 10 heavy (non-hydrogen) atoms. The minimum atomic E-state index is 0.339. The Morgan fingerprint density at radius 1 is 1.80 bits per heavy atom. The molecule has 0 aromatic rings. The standard InChI is InChI=1S/C8H15NO/c1-3-4-9(2)8-5-7(8)6-10/h3,7-8,10H,1,4-6H2,2H3. The van der Waals surface area contributed by atoms with Crippen LogP contribution in [0, 0.1) is 5.92 Å². The molecule has 0 bridgehead atoms. The Balaban J connectivity index is 2.18. The molecule has 0 spiro atoms. The largest absolute Gasteiger partial charge is 0.396 e. The van der Waals surface area contributed by atoms with Crippen molar-refractivity contribution in [1.29, 1.82) is 0 Å². The molecule has 0 saturated heterocycles. The molecule has 0 heterocycles. The lowest BCUT2D eigenvalue weighted by atomic mass is 10.4. The number of hydrogen-bond acceptors (Lipinski definition) is 2. The molecular weight excluding hydrogens is 126 g/mol. The third-order valence-corrected chi connectivity index (χ3v) is 2.10. The predicted octanol–water partition coefficient (Wildman–Crippen LogP) is 0.485. The van der Waals surface area contributed by atoms with Crippen LogP contribution in [-0.2, 0) is 0 Å². The lowest BCUT2D eigenvalue weighted by molar-refractivity contribution is 0.247. The highest BCUT2D eigenvalue weighted by atomic mass is 16.3. The van der Waals surface area contributed by atoms with Crippen molar-refractivity contribution in [2.45, 2.75) is 12.5 Å². The molecule has 1 fully saturated rings. The van der Waals surface area contributed by atoms with Crippen molar-refractivity contribution in [3.05, 3.63) is 12.7 Å². The van der Waals surface area contributed by atoms with Crippen molar-refractivity contribution in [1.82, 2.24) is 4.90 Å². The molecule has 1 N–H and O–H groups in total. The first kappa shape index (κ1) is 7.76. The van der Waals surface area contributed by atoms with Gasteiger partial charge in [0.25, 0.3) is 0 Å². The van der Waals surface area contributed by atoms with Crippen LogP contribution in [0.2, 0.25) is 0 Å². The van der Waals surface area contributed by atoms with Crippen LogP contribution in [0.15, 0.2) is 12.7 Å². The molecule has 1 saturated carbocycles.